The van der Waals surface area contributed by atoms with Crippen molar-refractivity contribution in [1.29, 1.82) is 0 Å². The summed E-state index contributed by atoms with van der Waals surface area (Å²) in [7, 11) is 0. The molecule has 8 nitrogen and oxygen atoms in total. The maximum Gasteiger partial charge on any atom is 0.265 e. The molecule has 3 N–H and O–H groups in total. The van der Waals surface area contributed by atoms with E-state index < -0.39 is 5.41 Å². The average molecular weight is 377 g/mol. The van der Waals surface area contributed by atoms with Crippen LogP contribution in [-0.2, 0) is 10.2 Å². The zero-order valence-electron chi connectivity index (χ0n) is 14.4. The fraction of sp³-hybridized carbons (Fsp3) is 0.529. The molecular weight excluding hydrogens is 356 g/mol. The second-order valence-corrected chi connectivity index (χ2v) is 7.81. The van der Waals surface area contributed by atoms with Crippen LogP contribution in [0, 0.1) is 5.92 Å². The number of aromatic amines is 1. The molecule has 1 aromatic carbocycles. The van der Waals surface area contributed by atoms with Crippen LogP contribution in [0.2, 0.25) is 5.02 Å². The van der Waals surface area contributed by atoms with Crippen LogP contribution in [0.5, 0.6) is 5.75 Å². The topological polar surface area (TPSA) is 107 Å². The molecule has 2 atom stereocenters. The predicted molar refractivity (Wildman–Crippen MR) is 96.1 cm³/mol. The van der Waals surface area contributed by atoms with E-state index in [2.05, 4.69) is 32.9 Å². The molecule has 2 aromatic rings. The van der Waals surface area contributed by atoms with Gasteiger partial charge in [-0.2, -0.15) is 5.21 Å². The van der Waals surface area contributed by atoms with Gasteiger partial charge in [-0.05, 0) is 42.5 Å². The first kappa shape index (κ1) is 17.1. The van der Waals surface area contributed by atoms with E-state index >= 15 is 0 Å². The molecule has 0 unspecified atom stereocenters. The number of nitrogens with one attached hydrogen (secondary N) is 2. The number of benzene rings is 1. The fourth-order valence-corrected chi connectivity index (χ4v) is 4.05. The summed E-state index contributed by atoms with van der Waals surface area (Å²) in [5, 5.41) is 28.0. The SMILES string of the molecule is C[C@H]1C[C@@H](NC(=O)C2(c3ccc(Cl)cc3O)CC2)CN(c2nn[nH]n2)C1. The second kappa shape index (κ2) is 6.42. The lowest BCUT2D eigenvalue weighted by molar-refractivity contribution is -0.124. The predicted octanol–water partition coefficient (Wildman–Crippen LogP) is 1.62. The number of piperidine rings is 1. The van der Waals surface area contributed by atoms with E-state index in [1.54, 1.807) is 12.1 Å². The van der Waals surface area contributed by atoms with E-state index in [0.29, 0.717) is 29.0 Å². The van der Waals surface area contributed by atoms with Crippen LogP contribution < -0.4 is 10.2 Å². The van der Waals surface area contributed by atoms with Gasteiger partial charge in [0, 0.05) is 29.7 Å². The number of amides is 1. The maximum atomic E-state index is 13.0. The highest BCUT2D eigenvalue weighted by Crippen LogP contribution is 2.51. The quantitative estimate of drug-likeness (QED) is 0.748. The molecule has 1 saturated heterocycles. The summed E-state index contributed by atoms with van der Waals surface area (Å²) >= 11 is 5.92. The summed E-state index contributed by atoms with van der Waals surface area (Å²) in [6.45, 7) is 3.61. The first-order chi connectivity index (χ1) is 12.5. The Kier molecular flexibility index (Phi) is 4.22. The summed E-state index contributed by atoms with van der Waals surface area (Å²) < 4.78 is 0. The molecule has 1 aliphatic carbocycles. The molecule has 1 amide bonds. The van der Waals surface area contributed by atoms with Gasteiger partial charge in [0.25, 0.3) is 5.95 Å². The van der Waals surface area contributed by atoms with Crippen LogP contribution in [0.15, 0.2) is 18.2 Å². The van der Waals surface area contributed by atoms with Crippen LogP contribution in [0.1, 0.15) is 31.7 Å². The van der Waals surface area contributed by atoms with Crippen molar-refractivity contribution in [3.05, 3.63) is 28.8 Å². The maximum absolute atomic E-state index is 13.0. The van der Waals surface area contributed by atoms with Crippen molar-refractivity contribution in [3.63, 3.8) is 0 Å². The number of anilines is 1. The number of hydrogen-bond acceptors (Lipinski definition) is 6. The summed E-state index contributed by atoms with van der Waals surface area (Å²) in [5.74, 6) is 0.983. The molecule has 1 aliphatic heterocycles. The van der Waals surface area contributed by atoms with E-state index in [4.69, 9.17) is 11.6 Å². The monoisotopic (exact) mass is 376 g/mol. The van der Waals surface area contributed by atoms with Crippen LogP contribution >= 0.6 is 11.6 Å². The number of aromatic hydroxyl groups is 1. The van der Waals surface area contributed by atoms with Crippen LogP contribution in [0.3, 0.4) is 0 Å². The first-order valence-electron chi connectivity index (χ1n) is 8.76. The molecule has 1 aromatic heterocycles. The van der Waals surface area contributed by atoms with Crippen molar-refractivity contribution in [2.45, 2.75) is 37.6 Å². The summed E-state index contributed by atoms with van der Waals surface area (Å²) in [6, 6.07) is 4.95. The second-order valence-electron chi connectivity index (χ2n) is 7.37. The third-order valence-corrected chi connectivity index (χ3v) is 5.51. The number of hydrogen-bond donors (Lipinski definition) is 3. The number of carbonyl (C=O) groups excluding carboxylic acids is 1. The standard InChI is InChI=1S/C17H21ClN6O2/c1-10-6-12(9-24(8-10)16-20-22-23-21-16)19-15(26)17(4-5-17)13-3-2-11(18)7-14(13)25/h2-3,7,10,12,25H,4-6,8-9H2,1H3,(H,19,26)(H,20,21,22,23)/t10-,12+/m0/s1. The Balaban J connectivity index is 1.49. The summed E-state index contributed by atoms with van der Waals surface area (Å²) in [5.41, 5.74) is 0.00469. The Morgan fingerprint density at radius 1 is 1.42 bits per heavy atom. The highest BCUT2D eigenvalue weighted by Gasteiger charge is 2.53. The van der Waals surface area contributed by atoms with Gasteiger partial charge in [-0.1, -0.05) is 29.7 Å². The Bertz CT molecular complexity index is 808. The van der Waals surface area contributed by atoms with Gasteiger partial charge in [0.1, 0.15) is 5.75 Å². The minimum absolute atomic E-state index is 0.00309. The highest BCUT2D eigenvalue weighted by molar-refractivity contribution is 6.30. The zero-order chi connectivity index (χ0) is 18.3. The minimum Gasteiger partial charge on any atom is -0.508 e. The van der Waals surface area contributed by atoms with E-state index in [-0.39, 0.29) is 17.7 Å². The van der Waals surface area contributed by atoms with E-state index in [1.165, 1.54) is 6.07 Å². The summed E-state index contributed by atoms with van der Waals surface area (Å²) in [4.78, 5) is 15.0. The molecular formula is C17H21ClN6O2. The number of rotatable bonds is 4. The summed E-state index contributed by atoms with van der Waals surface area (Å²) in [6.07, 6.45) is 2.35. The normalized spacial score (nSPS) is 24.3. The van der Waals surface area contributed by atoms with E-state index in [0.717, 1.165) is 25.8 Å². The molecule has 4 rings (SSSR count). The van der Waals surface area contributed by atoms with Crippen molar-refractivity contribution in [1.82, 2.24) is 25.9 Å². The molecule has 138 valence electrons. The number of aromatic nitrogens is 4. The van der Waals surface area contributed by atoms with E-state index in [1.807, 2.05) is 4.90 Å². The van der Waals surface area contributed by atoms with Gasteiger partial charge >= 0.3 is 0 Å². The van der Waals surface area contributed by atoms with Crippen molar-refractivity contribution in [3.8, 4) is 5.75 Å². The van der Waals surface area contributed by atoms with Crippen molar-refractivity contribution >= 4 is 23.5 Å². The van der Waals surface area contributed by atoms with E-state index in [9.17, 15) is 9.90 Å². The van der Waals surface area contributed by atoms with Gasteiger partial charge in [-0.25, -0.2) is 0 Å². The third-order valence-electron chi connectivity index (χ3n) is 5.27. The number of carbonyl (C=O) groups is 1. The van der Waals surface area contributed by atoms with Crippen LogP contribution in [0.25, 0.3) is 0 Å². The number of H-pyrrole nitrogens is 1. The number of phenolic OH excluding ortho intramolecular Hbond substituents is 1. The molecule has 0 radical (unpaired) electrons. The Morgan fingerprint density at radius 2 is 2.23 bits per heavy atom. The zero-order valence-corrected chi connectivity index (χ0v) is 15.2. The molecule has 2 heterocycles. The lowest BCUT2D eigenvalue weighted by Crippen LogP contribution is -2.52. The van der Waals surface area contributed by atoms with Crippen molar-refractivity contribution < 1.29 is 9.90 Å². The molecule has 1 saturated carbocycles. The molecule has 9 heteroatoms. The van der Waals surface area contributed by atoms with Gasteiger partial charge in [0.15, 0.2) is 0 Å². The molecule has 0 spiro atoms. The number of halogens is 1. The Hall–Kier alpha value is -2.35. The molecule has 2 fully saturated rings. The number of phenols is 1. The smallest absolute Gasteiger partial charge is 0.265 e. The number of tetrazole rings is 1. The van der Waals surface area contributed by atoms with Gasteiger partial charge in [0.2, 0.25) is 5.91 Å². The third kappa shape index (κ3) is 3.09. The Labute approximate surface area is 155 Å². The minimum atomic E-state index is -0.647. The van der Waals surface area contributed by atoms with Gasteiger partial charge in [0.05, 0.1) is 5.41 Å². The fourth-order valence-electron chi connectivity index (χ4n) is 3.89. The molecule has 26 heavy (non-hydrogen) atoms. The van der Waals surface area contributed by atoms with Gasteiger partial charge in [-0.3, -0.25) is 4.79 Å². The van der Waals surface area contributed by atoms with Crippen LogP contribution in [0.4, 0.5) is 5.95 Å². The molecule has 2 aliphatic rings. The lowest BCUT2D eigenvalue weighted by Gasteiger charge is -2.36. The average Bonchev–Trinajstić information content (AvgIpc) is 3.20. The molecule has 0 bridgehead atoms. The largest absolute Gasteiger partial charge is 0.508 e. The van der Waals surface area contributed by atoms with Crippen molar-refractivity contribution in [2.75, 3.05) is 18.0 Å². The van der Waals surface area contributed by atoms with Crippen molar-refractivity contribution in [2.24, 2.45) is 5.92 Å². The van der Waals surface area contributed by atoms with Crippen LogP contribution in [-0.4, -0.2) is 50.8 Å². The Morgan fingerprint density at radius 3 is 2.88 bits per heavy atom. The van der Waals surface area contributed by atoms with Gasteiger partial charge < -0.3 is 15.3 Å². The number of nitrogens with zero attached hydrogens (tertiary/aromatic N) is 4. The highest BCUT2D eigenvalue weighted by atomic mass is 35.5. The lowest BCUT2D eigenvalue weighted by atomic mass is 9.91. The van der Waals surface area contributed by atoms with Gasteiger partial charge in [-0.15, -0.1) is 5.10 Å². The first-order valence-corrected chi connectivity index (χ1v) is 9.14.